The summed E-state index contributed by atoms with van der Waals surface area (Å²) in [5, 5.41) is 3.08. The summed E-state index contributed by atoms with van der Waals surface area (Å²) in [6, 6.07) is 0.214. The summed E-state index contributed by atoms with van der Waals surface area (Å²) in [5.74, 6) is 0.889. The first-order chi connectivity index (χ1) is 8.74. The number of alkyl carbamates (subject to hydrolysis) is 1. The molecule has 2 saturated carbocycles. The minimum atomic E-state index is -0.443. The van der Waals surface area contributed by atoms with E-state index in [2.05, 4.69) is 18.5 Å². The molecular weight excluding hydrogens is 238 g/mol. The molecule has 0 spiro atoms. The largest absolute Gasteiger partial charge is 0.444 e. The molecule has 0 aromatic rings. The summed E-state index contributed by atoms with van der Waals surface area (Å²) in [4.78, 5) is 11.9. The van der Waals surface area contributed by atoms with E-state index in [9.17, 15) is 4.79 Å². The molecule has 2 aliphatic carbocycles. The highest BCUT2D eigenvalue weighted by Crippen LogP contribution is 2.43. The van der Waals surface area contributed by atoms with Crippen LogP contribution in [0.5, 0.6) is 0 Å². The molecular formula is C16H25NO2. The highest BCUT2D eigenvalue weighted by atomic mass is 16.6. The zero-order chi connectivity index (χ0) is 14.2. The molecule has 2 bridgehead atoms. The highest BCUT2D eigenvalue weighted by molar-refractivity contribution is 5.68. The fourth-order valence-electron chi connectivity index (χ4n) is 3.37. The molecule has 2 aliphatic rings. The van der Waals surface area contributed by atoms with Gasteiger partial charge in [0.25, 0.3) is 0 Å². The van der Waals surface area contributed by atoms with Gasteiger partial charge < -0.3 is 10.1 Å². The minimum Gasteiger partial charge on any atom is -0.444 e. The number of carbonyl (C=O) groups excluding carboxylic acids is 1. The first-order valence-corrected chi connectivity index (χ1v) is 7.07. The van der Waals surface area contributed by atoms with Crippen molar-refractivity contribution in [2.24, 2.45) is 11.8 Å². The molecule has 1 N–H and O–H groups in total. The van der Waals surface area contributed by atoms with E-state index in [0.29, 0.717) is 11.8 Å². The van der Waals surface area contributed by atoms with Crippen molar-refractivity contribution >= 4 is 6.09 Å². The number of hydrogen-bond donors (Lipinski definition) is 1. The van der Waals surface area contributed by atoms with E-state index in [1.165, 1.54) is 11.1 Å². The zero-order valence-corrected chi connectivity index (χ0v) is 12.3. The molecule has 0 aliphatic heterocycles. The molecule has 0 atom stereocenters. The van der Waals surface area contributed by atoms with Crippen molar-refractivity contribution in [1.82, 2.24) is 5.32 Å². The average Bonchev–Trinajstić information content (AvgIpc) is 2.17. The lowest BCUT2D eigenvalue weighted by atomic mass is 9.66. The van der Waals surface area contributed by atoms with Crippen LogP contribution in [0.4, 0.5) is 4.79 Å². The summed E-state index contributed by atoms with van der Waals surface area (Å²) in [7, 11) is 0. The van der Waals surface area contributed by atoms with Crippen LogP contribution in [0, 0.1) is 11.8 Å². The molecule has 1 amide bonds. The van der Waals surface area contributed by atoms with Crippen molar-refractivity contribution in [3.8, 4) is 0 Å². The van der Waals surface area contributed by atoms with Crippen LogP contribution in [-0.4, -0.2) is 17.7 Å². The quantitative estimate of drug-likeness (QED) is 0.730. The van der Waals surface area contributed by atoms with Gasteiger partial charge in [0.15, 0.2) is 0 Å². The molecule has 2 rings (SSSR count). The Hall–Kier alpha value is -1.25. The third-order valence-corrected chi connectivity index (χ3v) is 3.90. The van der Waals surface area contributed by atoms with Gasteiger partial charge in [-0.25, -0.2) is 4.79 Å². The maximum atomic E-state index is 11.9. The van der Waals surface area contributed by atoms with E-state index in [4.69, 9.17) is 4.74 Å². The summed E-state index contributed by atoms with van der Waals surface area (Å²) in [6.07, 6.45) is 3.69. The monoisotopic (exact) mass is 263 g/mol. The van der Waals surface area contributed by atoms with Crippen LogP contribution in [0.15, 0.2) is 24.3 Å². The molecule has 2 fully saturated rings. The van der Waals surface area contributed by atoms with Crippen molar-refractivity contribution in [3.63, 3.8) is 0 Å². The molecule has 106 valence electrons. The second kappa shape index (κ2) is 5.03. The molecule has 0 aromatic heterocycles. The Morgan fingerprint density at radius 2 is 1.53 bits per heavy atom. The Balaban J connectivity index is 2.02. The molecule has 3 nitrogen and oxygen atoms in total. The second-order valence-electron chi connectivity index (χ2n) is 7.01. The maximum absolute atomic E-state index is 11.9. The van der Waals surface area contributed by atoms with Gasteiger partial charge in [-0.15, -0.1) is 0 Å². The third-order valence-electron chi connectivity index (χ3n) is 3.90. The van der Waals surface area contributed by atoms with Crippen LogP contribution >= 0.6 is 0 Å². The van der Waals surface area contributed by atoms with Crippen molar-refractivity contribution in [2.45, 2.75) is 58.1 Å². The van der Waals surface area contributed by atoms with Crippen molar-refractivity contribution < 1.29 is 9.53 Å². The van der Waals surface area contributed by atoms with Crippen LogP contribution < -0.4 is 5.32 Å². The Bertz CT molecular complexity index is 365. The van der Waals surface area contributed by atoms with E-state index in [1.807, 2.05) is 20.8 Å². The lowest BCUT2D eigenvalue weighted by molar-refractivity contribution is 0.0429. The normalized spacial score (nSPS) is 31.0. The Kier molecular flexibility index (Phi) is 3.75. The first kappa shape index (κ1) is 14.2. The van der Waals surface area contributed by atoms with Gasteiger partial charge >= 0.3 is 6.09 Å². The SMILES string of the molecule is C=C1C[C@H]2CC(=C)C[C@@H](C1)C2NC(=O)OC(C)(C)C. The summed E-state index contributed by atoms with van der Waals surface area (Å²) < 4.78 is 5.36. The maximum Gasteiger partial charge on any atom is 0.407 e. The molecule has 0 heterocycles. The van der Waals surface area contributed by atoms with Crippen molar-refractivity contribution in [1.29, 1.82) is 0 Å². The number of hydrogen-bond acceptors (Lipinski definition) is 2. The summed E-state index contributed by atoms with van der Waals surface area (Å²) in [6.45, 7) is 13.9. The second-order valence-corrected chi connectivity index (χ2v) is 7.01. The standard InChI is InChI=1S/C16H25NO2/c1-10-6-12-8-11(2)9-13(7-10)14(12)17-15(18)19-16(3,4)5/h12-14H,1-2,6-9H2,3-5H3,(H,17,18)/t12-,13+,14?. The van der Waals surface area contributed by atoms with Gasteiger partial charge in [0.1, 0.15) is 5.60 Å². The molecule has 19 heavy (non-hydrogen) atoms. The van der Waals surface area contributed by atoms with Crippen LogP contribution in [0.3, 0.4) is 0 Å². The van der Waals surface area contributed by atoms with Gasteiger partial charge in [-0.2, -0.15) is 0 Å². The number of carbonyl (C=O) groups is 1. The number of fused-ring (bicyclic) bond motifs is 2. The fourth-order valence-corrected chi connectivity index (χ4v) is 3.37. The highest BCUT2D eigenvalue weighted by Gasteiger charge is 2.40. The molecule has 0 unspecified atom stereocenters. The summed E-state index contributed by atoms with van der Waals surface area (Å²) in [5.41, 5.74) is 2.18. The van der Waals surface area contributed by atoms with E-state index in [0.717, 1.165) is 25.7 Å². The van der Waals surface area contributed by atoms with Crippen LogP contribution in [0.25, 0.3) is 0 Å². The number of allylic oxidation sites excluding steroid dienone is 2. The van der Waals surface area contributed by atoms with Gasteiger partial charge in [0.05, 0.1) is 0 Å². The molecule has 0 aromatic carbocycles. The van der Waals surface area contributed by atoms with Crippen LogP contribution in [0.1, 0.15) is 46.5 Å². The Labute approximate surface area is 116 Å². The van der Waals surface area contributed by atoms with E-state index in [1.54, 1.807) is 0 Å². The van der Waals surface area contributed by atoms with Crippen molar-refractivity contribution in [3.05, 3.63) is 24.3 Å². The fraction of sp³-hybridized carbons (Fsp3) is 0.688. The molecule has 0 radical (unpaired) electrons. The smallest absolute Gasteiger partial charge is 0.407 e. The number of amides is 1. The summed E-state index contributed by atoms with van der Waals surface area (Å²) >= 11 is 0. The van der Waals surface area contributed by atoms with Gasteiger partial charge in [-0.05, 0) is 58.3 Å². The lowest BCUT2D eigenvalue weighted by Crippen LogP contribution is -2.51. The average molecular weight is 263 g/mol. The predicted octanol–water partition coefficient (Wildman–Crippen LogP) is 3.81. The van der Waals surface area contributed by atoms with E-state index in [-0.39, 0.29) is 12.1 Å². The topological polar surface area (TPSA) is 38.3 Å². The molecule has 0 saturated heterocycles. The zero-order valence-electron chi connectivity index (χ0n) is 12.3. The number of nitrogens with one attached hydrogen (secondary N) is 1. The van der Waals surface area contributed by atoms with Gasteiger partial charge in [0.2, 0.25) is 0 Å². The van der Waals surface area contributed by atoms with Crippen LogP contribution in [-0.2, 0) is 4.74 Å². The Morgan fingerprint density at radius 1 is 1.11 bits per heavy atom. The molecule has 3 heteroatoms. The van der Waals surface area contributed by atoms with Gasteiger partial charge in [0, 0.05) is 6.04 Å². The minimum absolute atomic E-state index is 0.214. The number of ether oxygens (including phenoxy) is 1. The van der Waals surface area contributed by atoms with Crippen molar-refractivity contribution in [2.75, 3.05) is 0 Å². The van der Waals surface area contributed by atoms with Crippen LogP contribution in [0.2, 0.25) is 0 Å². The Morgan fingerprint density at radius 3 is 1.89 bits per heavy atom. The number of rotatable bonds is 1. The van der Waals surface area contributed by atoms with E-state index >= 15 is 0 Å². The van der Waals surface area contributed by atoms with Gasteiger partial charge in [-0.1, -0.05) is 24.3 Å². The first-order valence-electron chi connectivity index (χ1n) is 7.07. The van der Waals surface area contributed by atoms with E-state index < -0.39 is 5.60 Å². The predicted molar refractivity (Wildman–Crippen MR) is 76.9 cm³/mol. The lowest BCUT2D eigenvalue weighted by Gasteiger charge is -2.44. The van der Waals surface area contributed by atoms with Gasteiger partial charge in [-0.3, -0.25) is 0 Å². The third kappa shape index (κ3) is 3.62.